The van der Waals surface area contributed by atoms with E-state index in [2.05, 4.69) is 10.2 Å². The molecule has 0 amide bonds. The van der Waals surface area contributed by atoms with Gasteiger partial charge in [-0.05, 0) is 25.0 Å². The maximum Gasteiger partial charge on any atom is 0.234 e. The van der Waals surface area contributed by atoms with Crippen molar-refractivity contribution in [3.8, 4) is 11.5 Å². The standard InChI is InChI=1S/C17H22N2O5S/c1-11(2)9-16-18-19-17(24-16)12(3)25(20,21)13-5-6-14-15(10-13)23-8-4-7-22-14/h5-6,10-12H,4,7-9H2,1-3H3/t12-/m1/s1. The summed E-state index contributed by atoms with van der Waals surface area (Å²) in [5.41, 5.74) is 0. The summed E-state index contributed by atoms with van der Waals surface area (Å²) in [6.07, 6.45) is 1.37. The van der Waals surface area contributed by atoms with E-state index in [0.717, 1.165) is 6.42 Å². The van der Waals surface area contributed by atoms with E-state index in [1.807, 2.05) is 13.8 Å². The van der Waals surface area contributed by atoms with Crippen LogP contribution in [0.25, 0.3) is 0 Å². The zero-order valence-corrected chi connectivity index (χ0v) is 15.4. The Morgan fingerprint density at radius 2 is 1.80 bits per heavy atom. The Hall–Kier alpha value is -2.09. The van der Waals surface area contributed by atoms with E-state index in [4.69, 9.17) is 13.9 Å². The number of nitrogens with zero attached hydrogens (tertiary/aromatic N) is 2. The van der Waals surface area contributed by atoms with Gasteiger partial charge in [0.25, 0.3) is 0 Å². The Morgan fingerprint density at radius 3 is 2.52 bits per heavy atom. The number of benzene rings is 1. The lowest BCUT2D eigenvalue weighted by atomic mass is 10.1. The number of hydrogen-bond acceptors (Lipinski definition) is 7. The molecule has 1 aliphatic rings. The average molecular weight is 366 g/mol. The molecular weight excluding hydrogens is 344 g/mol. The highest BCUT2D eigenvalue weighted by molar-refractivity contribution is 7.91. The largest absolute Gasteiger partial charge is 0.490 e. The van der Waals surface area contributed by atoms with Crippen LogP contribution in [0.15, 0.2) is 27.5 Å². The maximum atomic E-state index is 12.9. The van der Waals surface area contributed by atoms with Gasteiger partial charge in [-0.3, -0.25) is 0 Å². The number of hydrogen-bond donors (Lipinski definition) is 0. The van der Waals surface area contributed by atoms with Crippen molar-refractivity contribution in [2.75, 3.05) is 13.2 Å². The smallest absolute Gasteiger partial charge is 0.234 e. The molecule has 1 atom stereocenters. The summed E-state index contributed by atoms with van der Waals surface area (Å²) in [5, 5.41) is 6.91. The van der Waals surface area contributed by atoms with Crippen LogP contribution in [0.3, 0.4) is 0 Å². The van der Waals surface area contributed by atoms with Crippen molar-refractivity contribution < 1.29 is 22.3 Å². The Labute approximate surface area is 147 Å². The van der Waals surface area contributed by atoms with E-state index in [1.165, 1.54) is 12.1 Å². The van der Waals surface area contributed by atoms with Gasteiger partial charge in [0.05, 0.1) is 18.1 Å². The molecule has 2 aromatic rings. The molecule has 0 spiro atoms. The lowest BCUT2D eigenvalue weighted by molar-refractivity contribution is 0.297. The Morgan fingerprint density at radius 1 is 1.08 bits per heavy atom. The molecule has 0 aliphatic carbocycles. The number of rotatable bonds is 5. The fourth-order valence-corrected chi connectivity index (χ4v) is 3.82. The first-order valence-corrected chi connectivity index (χ1v) is 9.88. The van der Waals surface area contributed by atoms with E-state index in [1.54, 1.807) is 13.0 Å². The highest BCUT2D eigenvalue weighted by Crippen LogP contribution is 2.35. The lowest BCUT2D eigenvalue weighted by Crippen LogP contribution is -2.11. The number of sulfone groups is 1. The number of ether oxygens (including phenoxy) is 2. The van der Waals surface area contributed by atoms with Gasteiger partial charge < -0.3 is 13.9 Å². The van der Waals surface area contributed by atoms with Crippen molar-refractivity contribution in [2.24, 2.45) is 5.92 Å². The van der Waals surface area contributed by atoms with Crippen molar-refractivity contribution in [2.45, 2.75) is 43.8 Å². The highest BCUT2D eigenvalue weighted by Gasteiger charge is 2.31. The first kappa shape index (κ1) is 17.7. The molecule has 0 unspecified atom stereocenters. The van der Waals surface area contributed by atoms with Crippen molar-refractivity contribution in [1.82, 2.24) is 10.2 Å². The van der Waals surface area contributed by atoms with E-state index in [0.29, 0.717) is 42.9 Å². The van der Waals surface area contributed by atoms with Crippen LogP contribution in [-0.2, 0) is 16.3 Å². The molecule has 3 rings (SSSR count). The molecule has 1 aromatic carbocycles. The van der Waals surface area contributed by atoms with Gasteiger partial charge in [-0.1, -0.05) is 13.8 Å². The SMILES string of the molecule is CC(C)Cc1nnc([C@@H](C)S(=O)(=O)c2ccc3c(c2)OCCCO3)o1. The summed E-state index contributed by atoms with van der Waals surface area (Å²) >= 11 is 0. The van der Waals surface area contributed by atoms with Crippen LogP contribution < -0.4 is 9.47 Å². The molecule has 7 nitrogen and oxygen atoms in total. The van der Waals surface area contributed by atoms with Gasteiger partial charge in [0.15, 0.2) is 21.3 Å². The third-order valence-electron chi connectivity index (χ3n) is 3.93. The van der Waals surface area contributed by atoms with Crippen molar-refractivity contribution in [1.29, 1.82) is 0 Å². The summed E-state index contributed by atoms with van der Waals surface area (Å²) < 4.78 is 42.5. The minimum absolute atomic E-state index is 0.0998. The molecular formula is C17H22N2O5S. The number of aromatic nitrogens is 2. The van der Waals surface area contributed by atoms with Crippen LogP contribution in [0, 0.1) is 5.92 Å². The quantitative estimate of drug-likeness (QED) is 0.803. The minimum Gasteiger partial charge on any atom is -0.490 e. The Bertz CT molecular complexity index is 844. The second kappa shape index (κ2) is 7.03. The van der Waals surface area contributed by atoms with Crippen molar-refractivity contribution in [3.05, 3.63) is 30.0 Å². The first-order valence-electron chi connectivity index (χ1n) is 8.33. The van der Waals surface area contributed by atoms with Gasteiger partial charge in [-0.15, -0.1) is 10.2 Å². The van der Waals surface area contributed by atoms with E-state index < -0.39 is 15.1 Å². The molecule has 8 heteroatoms. The van der Waals surface area contributed by atoms with Crippen LogP contribution in [0.2, 0.25) is 0 Å². The topological polar surface area (TPSA) is 91.5 Å². The van der Waals surface area contributed by atoms with Gasteiger partial charge in [0.2, 0.25) is 11.8 Å². The van der Waals surface area contributed by atoms with Gasteiger partial charge >= 0.3 is 0 Å². The predicted octanol–water partition coefficient (Wildman–Crippen LogP) is 2.96. The zero-order chi connectivity index (χ0) is 18.0. The molecule has 0 fully saturated rings. The van der Waals surface area contributed by atoms with Crippen LogP contribution in [0.5, 0.6) is 11.5 Å². The van der Waals surface area contributed by atoms with Gasteiger partial charge in [0, 0.05) is 18.9 Å². The fourth-order valence-electron chi connectivity index (χ4n) is 2.52. The molecule has 136 valence electrons. The van der Waals surface area contributed by atoms with Crippen LogP contribution in [-0.4, -0.2) is 31.8 Å². The molecule has 0 bridgehead atoms. The summed E-state index contributed by atoms with van der Waals surface area (Å²) in [6.45, 7) is 6.65. The molecule has 0 N–H and O–H groups in total. The van der Waals surface area contributed by atoms with Crippen LogP contribution in [0.1, 0.15) is 44.2 Å². The van der Waals surface area contributed by atoms with Crippen molar-refractivity contribution in [3.63, 3.8) is 0 Å². The van der Waals surface area contributed by atoms with Gasteiger partial charge in [-0.25, -0.2) is 8.42 Å². The summed E-state index contributed by atoms with van der Waals surface area (Å²) in [4.78, 5) is 0.146. The summed E-state index contributed by atoms with van der Waals surface area (Å²) in [7, 11) is -3.68. The van der Waals surface area contributed by atoms with Gasteiger partial charge in [-0.2, -0.15) is 0 Å². The third kappa shape index (κ3) is 3.78. The van der Waals surface area contributed by atoms with Gasteiger partial charge in [0.1, 0.15) is 5.25 Å². The monoisotopic (exact) mass is 366 g/mol. The average Bonchev–Trinajstić information content (AvgIpc) is 2.88. The highest BCUT2D eigenvalue weighted by atomic mass is 32.2. The minimum atomic E-state index is -3.68. The molecule has 25 heavy (non-hydrogen) atoms. The van der Waals surface area contributed by atoms with E-state index >= 15 is 0 Å². The van der Waals surface area contributed by atoms with E-state index in [-0.39, 0.29) is 10.8 Å². The maximum absolute atomic E-state index is 12.9. The Kier molecular flexibility index (Phi) is 4.99. The third-order valence-corrected chi connectivity index (χ3v) is 5.97. The Balaban J connectivity index is 1.88. The molecule has 2 heterocycles. The van der Waals surface area contributed by atoms with Crippen LogP contribution in [0.4, 0.5) is 0 Å². The first-order chi connectivity index (χ1) is 11.9. The van der Waals surface area contributed by atoms with E-state index in [9.17, 15) is 8.42 Å². The normalized spacial score (nSPS) is 15.8. The molecule has 1 aromatic heterocycles. The molecule has 0 saturated carbocycles. The molecule has 1 aliphatic heterocycles. The fraction of sp³-hybridized carbons (Fsp3) is 0.529. The van der Waals surface area contributed by atoms with Crippen LogP contribution >= 0.6 is 0 Å². The predicted molar refractivity (Wildman–Crippen MR) is 90.5 cm³/mol. The number of fused-ring (bicyclic) bond motifs is 1. The lowest BCUT2D eigenvalue weighted by Gasteiger charge is -2.12. The molecule has 0 saturated heterocycles. The zero-order valence-electron chi connectivity index (χ0n) is 14.6. The van der Waals surface area contributed by atoms with Crippen molar-refractivity contribution >= 4 is 9.84 Å². The summed E-state index contributed by atoms with van der Waals surface area (Å²) in [5.74, 6) is 1.90. The second-order valence-electron chi connectivity index (χ2n) is 6.48. The molecule has 0 radical (unpaired) electrons. The second-order valence-corrected chi connectivity index (χ2v) is 8.75. The summed E-state index contributed by atoms with van der Waals surface area (Å²) in [6, 6.07) is 4.64.